The standard InChI is InChI=1S/C17H25NO3/c1-19-15-5-4-13(17(18)8-2-3-9-17)12-16(15)21-14-6-10-20-11-7-14/h4-5,12,14H,2-3,6-11,18H2,1H3. The number of hydrogen-bond donors (Lipinski definition) is 1. The summed E-state index contributed by atoms with van der Waals surface area (Å²) in [6, 6.07) is 6.15. The van der Waals surface area contributed by atoms with Gasteiger partial charge >= 0.3 is 0 Å². The van der Waals surface area contributed by atoms with Crippen molar-refractivity contribution in [1.29, 1.82) is 0 Å². The molecule has 0 spiro atoms. The van der Waals surface area contributed by atoms with E-state index in [1.54, 1.807) is 7.11 Å². The molecule has 116 valence electrons. The van der Waals surface area contributed by atoms with Crippen molar-refractivity contribution < 1.29 is 14.2 Å². The highest BCUT2D eigenvalue weighted by molar-refractivity contribution is 5.45. The summed E-state index contributed by atoms with van der Waals surface area (Å²) in [5, 5.41) is 0. The number of benzene rings is 1. The molecule has 2 N–H and O–H groups in total. The number of nitrogens with two attached hydrogens (primary N) is 1. The maximum atomic E-state index is 6.56. The average molecular weight is 291 g/mol. The molecular formula is C17H25NO3. The van der Waals surface area contributed by atoms with Crippen LogP contribution in [0.3, 0.4) is 0 Å². The van der Waals surface area contributed by atoms with E-state index in [4.69, 9.17) is 19.9 Å². The molecule has 1 saturated carbocycles. The number of rotatable bonds is 4. The largest absolute Gasteiger partial charge is 0.493 e. The Morgan fingerprint density at radius 1 is 1.14 bits per heavy atom. The fourth-order valence-corrected chi connectivity index (χ4v) is 3.35. The predicted octanol–water partition coefficient (Wildman–Crippen LogP) is 2.98. The molecule has 0 amide bonds. The normalized spacial score (nSPS) is 22.2. The topological polar surface area (TPSA) is 53.7 Å². The van der Waals surface area contributed by atoms with Gasteiger partial charge in [0.25, 0.3) is 0 Å². The summed E-state index contributed by atoms with van der Waals surface area (Å²) in [7, 11) is 1.68. The second-order valence-corrected chi connectivity index (χ2v) is 6.16. The summed E-state index contributed by atoms with van der Waals surface area (Å²) in [6.45, 7) is 1.54. The van der Waals surface area contributed by atoms with Crippen LogP contribution in [0.15, 0.2) is 18.2 Å². The highest BCUT2D eigenvalue weighted by Gasteiger charge is 2.32. The first kappa shape index (κ1) is 14.7. The molecule has 2 fully saturated rings. The van der Waals surface area contributed by atoms with E-state index < -0.39 is 0 Å². The third-order valence-electron chi connectivity index (χ3n) is 4.70. The SMILES string of the molecule is COc1ccc(C2(N)CCCC2)cc1OC1CCOCC1. The third kappa shape index (κ3) is 3.16. The monoisotopic (exact) mass is 291 g/mol. The van der Waals surface area contributed by atoms with Crippen molar-refractivity contribution in [1.82, 2.24) is 0 Å². The van der Waals surface area contributed by atoms with Crippen LogP contribution in [-0.2, 0) is 10.3 Å². The van der Waals surface area contributed by atoms with Crippen LogP contribution in [0, 0.1) is 0 Å². The zero-order valence-electron chi connectivity index (χ0n) is 12.8. The quantitative estimate of drug-likeness (QED) is 0.926. The van der Waals surface area contributed by atoms with Crippen LogP contribution < -0.4 is 15.2 Å². The minimum atomic E-state index is -0.194. The van der Waals surface area contributed by atoms with Crippen molar-refractivity contribution in [3.05, 3.63) is 23.8 Å². The van der Waals surface area contributed by atoms with Gasteiger partial charge in [0.2, 0.25) is 0 Å². The van der Waals surface area contributed by atoms with E-state index in [0.29, 0.717) is 0 Å². The lowest BCUT2D eigenvalue weighted by Crippen LogP contribution is -2.33. The minimum Gasteiger partial charge on any atom is -0.493 e. The van der Waals surface area contributed by atoms with Gasteiger partial charge in [-0.25, -0.2) is 0 Å². The smallest absolute Gasteiger partial charge is 0.161 e. The summed E-state index contributed by atoms with van der Waals surface area (Å²) in [5.41, 5.74) is 7.53. The van der Waals surface area contributed by atoms with Gasteiger partial charge in [0.05, 0.1) is 20.3 Å². The van der Waals surface area contributed by atoms with Crippen molar-refractivity contribution >= 4 is 0 Å². The second kappa shape index (κ2) is 6.24. The summed E-state index contributed by atoms with van der Waals surface area (Å²) < 4.78 is 17.0. The molecule has 1 aromatic carbocycles. The molecule has 4 nitrogen and oxygen atoms in total. The van der Waals surface area contributed by atoms with Gasteiger partial charge in [-0.3, -0.25) is 0 Å². The van der Waals surface area contributed by atoms with Gasteiger partial charge in [-0.05, 0) is 30.5 Å². The van der Waals surface area contributed by atoms with E-state index in [9.17, 15) is 0 Å². The molecule has 21 heavy (non-hydrogen) atoms. The Morgan fingerprint density at radius 2 is 1.86 bits per heavy atom. The summed E-state index contributed by atoms with van der Waals surface area (Å²) >= 11 is 0. The molecule has 3 rings (SSSR count). The van der Waals surface area contributed by atoms with Gasteiger partial charge in [-0.15, -0.1) is 0 Å². The highest BCUT2D eigenvalue weighted by atomic mass is 16.5. The first-order valence-corrected chi connectivity index (χ1v) is 7.93. The van der Waals surface area contributed by atoms with Crippen LogP contribution >= 0.6 is 0 Å². The molecule has 1 aliphatic heterocycles. The molecule has 0 unspecified atom stereocenters. The maximum absolute atomic E-state index is 6.56. The van der Waals surface area contributed by atoms with Gasteiger partial charge in [0, 0.05) is 18.4 Å². The molecule has 0 radical (unpaired) electrons. The van der Waals surface area contributed by atoms with Gasteiger partial charge in [-0.1, -0.05) is 18.9 Å². The lowest BCUT2D eigenvalue weighted by molar-refractivity contribution is 0.0245. The summed E-state index contributed by atoms with van der Waals surface area (Å²) in [5.74, 6) is 1.60. The minimum absolute atomic E-state index is 0.194. The predicted molar refractivity (Wildman–Crippen MR) is 81.8 cm³/mol. The Bertz CT molecular complexity index is 477. The molecule has 4 heteroatoms. The number of methoxy groups -OCH3 is 1. The molecular weight excluding hydrogens is 266 g/mol. The van der Waals surface area contributed by atoms with Gasteiger partial charge in [0.1, 0.15) is 6.10 Å². The summed E-state index contributed by atoms with van der Waals surface area (Å²) in [6.07, 6.45) is 6.59. The molecule has 1 aliphatic carbocycles. The van der Waals surface area contributed by atoms with Crippen LogP contribution in [-0.4, -0.2) is 26.4 Å². The van der Waals surface area contributed by atoms with Crippen molar-refractivity contribution in [3.63, 3.8) is 0 Å². The van der Waals surface area contributed by atoms with Crippen molar-refractivity contribution in [2.75, 3.05) is 20.3 Å². The van der Waals surface area contributed by atoms with Gasteiger partial charge in [0.15, 0.2) is 11.5 Å². The Labute approximate surface area is 126 Å². The average Bonchev–Trinajstić information content (AvgIpc) is 2.96. The van der Waals surface area contributed by atoms with Crippen LogP contribution in [0.2, 0.25) is 0 Å². The molecule has 1 saturated heterocycles. The van der Waals surface area contributed by atoms with Crippen LogP contribution in [0.25, 0.3) is 0 Å². The number of ether oxygens (including phenoxy) is 3. The van der Waals surface area contributed by atoms with Crippen molar-refractivity contribution in [3.8, 4) is 11.5 Å². The molecule has 0 aromatic heterocycles. The van der Waals surface area contributed by atoms with E-state index in [0.717, 1.165) is 50.4 Å². The van der Waals surface area contributed by atoms with Gasteiger partial charge < -0.3 is 19.9 Å². The van der Waals surface area contributed by atoms with Crippen molar-refractivity contribution in [2.24, 2.45) is 5.73 Å². The lowest BCUT2D eigenvalue weighted by Gasteiger charge is -2.27. The fraction of sp³-hybridized carbons (Fsp3) is 0.647. The Hall–Kier alpha value is -1.26. The van der Waals surface area contributed by atoms with E-state index in [2.05, 4.69) is 12.1 Å². The van der Waals surface area contributed by atoms with E-state index in [1.165, 1.54) is 18.4 Å². The van der Waals surface area contributed by atoms with Crippen molar-refractivity contribution in [2.45, 2.75) is 50.2 Å². The molecule has 0 atom stereocenters. The molecule has 1 heterocycles. The first-order valence-electron chi connectivity index (χ1n) is 7.93. The summed E-state index contributed by atoms with van der Waals surface area (Å²) in [4.78, 5) is 0. The highest BCUT2D eigenvalue weighted by Crippen LogP contribution is 2.40. The van der Waals surface area contributed by atoms with Crippen LogP contribution in [0.5, 0.6) is 11.5 Å². The first-order chi connectivity index (χ1) is 10.2. The Kier molecular flexibility index (Phi) is 4.36. The van der Waals surface area contributed by atoms with Crippen LogP contribution in [0.4, 0.5) is 0 Å². The molecule has 0 bridgehead atoms. The third-order valence-corrected chi connectivity index (χ3v) is 4.70. The zero-order valence-corrected chi connectivity index (χ0v) is 12.8. The van der Waals surface area contributed by atoms with E-state index >= 15 is 0 Å². The maximum Gasteiger partial charge on any atom is 0.161 e. The Morgan fingerprint density at radius 3 is 2.52 bits per heavy atom. The second-order valence-electron chi connectivity index (χ2n) is 6.16. The molecule has 2 aliphatic rings. The number of hydrogen-bond acceptors (Lipinski definition) is 4. The molecule has 1 aromatic rings. The zero-order chi connectivity index (χ0) is 14.7. The lowest BCUT2D eigenvalue weighted by atomic mass is 9.89. The van der Waals surface area contributed by atoms with Gasteiger partial charge in [-0.2, -0.15) is 0 Å². The van der Waals surface area contributed by atoms with E-state index in [1.807, 2.05) is 6.07 Å². The van der Waals surface area contributed by atoms with Crippen LogP contribution in [0.1, 0.15) is 44.1 Å². The fourth-order valence-electron chi connectivity index (χ4n) is 3.35. The Balaban J connectivity index is 1.82. The van der Waals surface area contributed by atoms with E-state index in [-0.39, 0.29) is 11.6 Å².